The van der Waals surface area contributed by atoms with Gasteiger partial charge in [-0.2, -0.15) is 0 Å². The third-order valence-corrected chi connectivity index (χ3v) is 2.46. The van der Waals surface area contributed by atoms with Crippen LogP contribution in [0.5, 0.6) is 0 Å². The number of benzene rings is 1. The summed E-state index contributed by atoms with van der Waals surface area (Å²) in [6.07, 6.45) is 0. The van der Waals surface area contributed by atoms with Crippen molar-refractivity contribution in [2.24, 2.45) is 5.92 Å². The van der Waals surface area contributed by atoms with Crippen LogP contribution >= 0.6 is 11.6 Å². The van der Waals surface area contributed by atoms with E-state index in [0.717, 1.165) is 11.3 Å². The summed E-state index contributed by atoms with van der Waals surface area (Å²) < 4.78 is 0. The summed E-state index contributed by atoms with van der Waals surface area (Å²) in [5, 5.41) is 12.3. The van der Waals surface area contributed by atoms with E-state index in [9.17, 15) is 4.79 Å². The van der Waals surface area contributed by atoms with Gasteiger partial charge in [-0.15, -0.1) is 0 Å². The molecule has 0 heterocycles. The van der Waals surface area contributed by atoms with Crippen LogP contribution in [-0.2, 0) is 4.79 Å². The van der Waals surface area contributed by atoms with Gasteiger partial charge in [-0.25, -0.2) is 0 Å². The molecule has 0 bridgehead atoms. The highest BCUT2D eigenvalue weighted by Gasteiger charge is 2.10. The van der Waals surface area contributed by atoms with Crippen molar-refractivity contribution in [2.75, 3.05) is 11.9 Å². The first-order valence-corrected chi connectivity index (χ1v) is 5.11. The van der Waals surface area contributed by atoms with Crippen LogP contribution in [0.4, 0.5) is 5.69 Å². The topological polar surface area (TPSA) is 49.3 Å². The largest absolute Gasteiger partial charge is 0.481 e. The average Bonchev–Trinajstić information content (AvgIpc) is 2.15. The lowest BCUT2D eigenvalue weighted by molar-refractivity contribution is -0.140. The Hall–Kier alpha value is -1.22. The first kappa shape index (κ1) is 11.9. The van der Waals surface area contributed by atoms with E-state index in [1.165, 1.54) is 0 Å². The van der Waals surface area contributed by atoms with Gasteiger partial charge in [0, 0.05) is 6.54 Å². The summed E-state index contributed by atoms with van der Waals surface area (Å²) in [5.41, 5.74) is 1.85. The lowest BCUT2D eigenvalue weighted by Crippen LogP contribution is -2.19. The van der Waals surface area contributed by atoms with Gasteiger partial charge in [-0.05, 0) is 24.6 Å². The van der Waals surface area contributed by atoms with E-state index < -0.39 is 11.9 Å². The molecule has 1 aromatic carbocycles. The molecule has 2 N–H and O–H groups in total. The fourth-order valence-corrected chi connectivity index (χ4v) is 1.42. The number of carbonyl (C=O) groups is 1. The standard InChI is InChI=1S/C11H14ClNO2/c1-7-3-4-10(9(12)5-7)13-6-8(2)11(14)15/h3-5,8,13H,6H2,1-2H3,(H,14,15). The lowest BCUT2D eigenvalue weighted by atomic mass is 10.1. The molecule has 0 radical (unpaired) electrons. The molecule has 1 rings (SSSR count). The third kappa shape index (κ3) is 3.44. The minimum Gasteiger partial charge on any atom is -0.481 e. The molecular weight excluding hydrogens is 214 g/mol. The van der Waals surface area contributed by atoms with Crippen molar-refractivity contribution >= 4 is 23.3 Å². The maximum Gasteiger partial charge on any atom is 0.308 e. The molecule has 0 saturated heterocycles. The van der Waals surface area contributed by atoms with E-state index in [-0.39, 0.29) is 0 Å². The molecule has 1 aromatic rings. The molecule has 0 aliphatic carbocycles. The maximum atomic E-state index is 10.6. The van der Waals surface area contributed by atoms with Crippen molar-refractivity contribution in [1.29, 1.82) is 0 Å². The van der Waals surface area contributed by atoms with Crippen LogP contribution in [0.1, 0.15) is 12.5 Å². The molecule has 1 unspecified atom stereocenters. The fraction of sp³-hybridized carbons (Fsp3) is 0.364. The van der Waals surface area contributed by atoms with Gasteiger partial charge >= 0.3 is 5.97 Å². The van der Waals surface area contributed by atoms with Crippen LogP contribution in [0.3, 0.4) is 0 Å². The Balaban J connectivity index is 2.62. The number of nitrogens with one attached hydrogen (secondary N) is 1. The van der Waals surface area contributed by atoms with Crippen LogP contribution < -0.4 is 5.32 Å². The molecule has 0 spiro atoms. The zero-order chi connectivity index (χ0) is 11.4. The van der Waals surface area contributed by atoms with Gasteiger partial charge in [0.25, 0.3) is 0 Å². The molecule has 1 atom stereocenters. The first-order valence-electron chi connectivity index (χ1n) is 4.73. The number of anilines is 1. The number of aryl methyl sites for hydroxylation is 1. The highest BCUT2D eigenvalue weighted by Crippen LogP contribution is 2.22. The van der Waals surface area contributed by atoms with E-state index in [1.54, 1.807) is 6.92 Å². The van der Waals surface area contributed by atoms with Crippen LogP contribution in [0.25, 0.3) is 0 Å². The number of aliphatic carboxylic acids is 1. The molecule has 82 valence electrons. The second-order valence-corrected chi connectivity index (χ2v) is 4.01. The Kier molecular flexibility index (Phi) is 3.97. The molecule has 3 nitrogen and oxygen atoms in total. The minimum absolute atomic E-state index is 0.373. The van der Waals surface area contributed by atoms with Gasteiger partial charge in [-0.1, -0.05) is 24.6 Å². The van der Waals surface area contributed by atoms with Crippen LogP contribution in [0.2, 0.25) is 5.02 Å². The molecule has 4 heteroatoms. The molecule has 0 saturated carbocycles. The van der Waals surface area contributed by atoms with E-state index in [4.69, 9.17) is 16.7 Å². The van der Waals surface area contributed by atoms with Crippen LogP contribution in [0, 0.1) is 12.8 Å². The highest BCUT2D eigenvalue weighted by molar-refractivity contribution is 6.33. The van der Waals surface area contributed by atoms with E-state index in [2.05, 4.69) is 5.32 Å². The summed E-state index contributed by atoms with van der Waals surface area (Å²) in [7, 11) is 0. The maximum absolute atomic E-state index is 10.6. The molecule has 0 amide bonds. The summed E-state index contributed by atoms with van der Waals surface area (Å²) in [6.45, 7) is 3.98. The number of carboxylic acid groups (broad SMARTS) is 1. The SMILES string of the molecule is Cc1ccc(NCC(C)C(=O)O)c(Cl)c1. The highest BCUT2D eigenvalue weighted by atomic mass is 35.5. The van der Waals surface area contributed by atoms with Crippen molar-refractivity contribution in [2.45, 2.75) is 13.8 Å². The van der Waals surface area contributed by atoms with Crippen molar-refractivity contribution in [3.8, 4) is 0 Å². The summed E-state index contributed by atoms with van der Waals surface area (Å²) in [5.74, 6) is -1.24. The van der Waals surface area contributed by atoms with Crippen LogP contribution in [0.15, 0.2) is 18.2 Å². The predicted octanol–water partition coefficient (Wildman–Crippen LogP) is 2.78. The molecule has 0 aromatic heterocycles. The van der Waals surface area contributed by atoms with Gasteiger partial charge in [0.2, 0.25) is 0 Å². The number of hydrogen-bond donors (Lipinski definition) is 2. The monoisotopic (exact) mass is 227 g/mol. The Morgan fingerprint density at radius 1 is 1.60 bits per heavy atom. The smallest absolute Gasteiger partial charge is 0.308 e. The second kappa shape index (κ2) is 5.03. The van der Waals surface area contributed by atoms with Crippen molar-refractivity contribution in [3.05, 3.63) is 28.8 Å². The van der Waals surface area contributed by atoms with Gasteiger partial charge in [-0.3, -0.25) is 4.79 Å². The minimum atomic E-state index is -0.814. The van der Waals surface area contributed by atoms with Gasteiger partial charge in [0.05, 0.1) is 16.6 Å². The summed E-state index contributed by atoms with van der Waals surface area (Å²) in [6, 6.07) is 5.63. The zero-order valence-corrected chi connectivity index (χ0v) is 9.51. The quantitative estimate of drug-likeness (QED) is 0.832. The van der Waals surface area contributed by atoms with E-state index in [0.29, 0.717) is 11.6 Å². The Morgan fingerprint density at radius 2 is 2.27 bits per heavy atom. The van der Waals surface area contributed by atoms with Gasteiger partial charge in [0.1, 0.15) is 0 Å². The second-order valence-electron chi connectivity index (χ2n) is 3.60. The molecule has 0 fully saturated rings. The third-order valence-electron chi connectivity index (χ3n) is 2.14. The Labute approximate surface area is 94.1 Å². The van der Waals surface area contributed by atoms with Crippen molar-refractivity contribution in [3.63, 3.8) is 0 Å². The lowest BCUT2D eigenvalue weighted by Gasteiger charge is -2.11. The number of carboxylic acids is 1. The van der Waals surface area contributed by atoms with E-state index >= 15 is 0 Å². The molecular formula is C11H14ClNO2. The van der Waals surface area contributed by atoms with E-state index in [1.807, 2.05) is 25.1 Å². The summed E-state index contributed by atoms with van der Waals surface area (Å²) in [4.78, 5) is 10.6. The van der Waals surface area contributed by atoms with Crippen molar-refractivity contribution in [1.82, 2.24) is 0 Å². The fourth-order valence-electron chi connectivity index (χ4n) is 1.11. The normalized spacial score (nSPS) is 12.2. The molecule has 15 heavy (non-hydrogen) atoms. The summed E-state index contributed by atoms with van der Waals surface area (Å²) >= 11 is 5.98. The predicted molar refractivity (Wildman–Crippen MR) is 61.5 cm³/mol. The van der Waals surface area contributed by atoms with Gasteiger partial charge < -0.3 is 10.4 Å². The number of rotatable bonds is 4. The van der Waals surface area contributed by atoms with Crippen LogP contribution in [-0.4, -0.2) is 17.6 Å². The number of halogens is 1. The first-order chi connectivity index (χ1) is 7.00. The molecule has 0 aliphatic heterocycles. The van der Waals surface area contributed by atoms with Crippen molar-refractivity contribution < 1.29 is 9.90 Å². The number of hydrogen-bond acceptors (Lipinski definition) is 2. The average molecular weight is 228 g/mol. The Bertz CT molecular complexity index is 366. The zero-order valence-electron chi connectivity index (χ0n) is 8.75. The Morgan fingerprint density at radius 3 is 2.80 bits per heavy atom. The van der Waals surface area contributed by atoms with Gasteiger partial charge in [0.15, 0.2) is 0 Å². The molecule has 0 aliphatic rings.